The maximum Gasteiger partial charge on any atom is 0.132 e. The summed E-state index contributed by atoms with van der Waals surface area (Å²) < 4.78 is 0. The van der Waals surface area contributed by atoms with E-state index in [9.17, 15) is 4.79 Å². The molecule has 1 aliphatic carbocycles. The Morgan fingerprint density at radius 2 is 1.00 bits per heavy atom. The molecule has 0 saturated heterocycles. The van der Waals surface area contributed by atoms with Crippen LogP contribution in [0.5, 0.6) is 0 Å². The van der Waals surface area contributed by atoms with Crippen molar-refractivity contribution in [3.63, 3.8) is 0 Å². The van der Waals surface area contributed by atoms with Gasteiger partial charge in [0.1, 0.15) is 5.78 Å². The normalized spacial score (nSPS) is 23.4. The molecule has 0 spiro atoms. The van der Waals surface area contributed by atoms with Crippen LogP contribution in [-0.4, -0.2) is 5.78 Å². The molecular formula is C16H29O. The molecule has 0 aromatic heterocycles. The van der Waals surface area contributed by atoms with Crippen LogP contribution in [0.2, 0.25) is 0 Å². The molecule has 1 rings (SSSR count). The van der Waals surface area contributed by atoms with Gasteiger partial charge in [-0.15, -0.1) is 0 Å². The fourth-order valence-electron chi connectivity index (χ4n) is 2.55. The molecule has 1 saturated carbocycles. The Morgan fingerprint density at radius 1 is 0.588 bits per heavy atom. The second kappa shape index (κ2) is 10.8. The number of ketones is 1. The van der Waals surface area contributed by atoms with Gasteiger partial charge in [-0.3, -0.25) is 4.79 Å². The lowest BCUT2D eigenvalue weighted by Gasteiger charge is -2.05. The molecule has 0 bridgehead atoms. The molecule has 1 aliphatic rings. The highest BCUT2D eigenvalue weighted by molar-refractivity contribution is 5.78. The Balaban J connectivity index is 2.11. The zero-order valence-electron chi connectivity index (χ0n) is 11.4. The van der Waals surface area contributed by atoms with Crippen LogP contribution in [0.4, 0.5) is 0 Å². The molecule has 0 amide bonds. The number of carbonyl (C=O) groups is 1. The zero-order chi connectivity index (χ0) is 12.2. The fraction of sp³-hybridized carbons (Fsp3) is 0.875. The summed E-state index contributed by atoms with van der Waals surface area (Å²) in [5.41, 5.74) is 0. The van der Waals surface area contributed by atoms with E-state index in [-0.39, 0.29) is 0 Å². The molecule has 1 heteroatoms. The van der Waals surface area contributed by atoms with Crippen LogP contribution in [0.1, 0.15) is 89.9 Å². The molecule has 0 heterocycles. The highest BCUT2D eigenvalue weighted by atomic mass is 16.1. The average Bonchev–Trinajstić information content (AvgIpc) is 2.32. The van der Waals surface area contributed by atoms with Crippen LogP contribution in [0.25, 0.3) is 0 Å². The van der Waals surface area contributed by atoms with E-state index in [1.165, 1.54) is 64.2 Å². The third-order valence-corrected chi connectivity index (χ3v) is 3.73. The van der Waals surface area contributed by atoms with Crippen molar-refractivity contribution < 1.29 is 4.79 Å². The fourth-order valence-corrected chi connectivity index (χ4v) is 2.55. The molecule has 99 valence electrons. The minimum Gasteiger partial charge on any atom is -0.300 e. The number of Topliss-reactive ketones (excluding diaryl/α,β-unsaturated/α-hetero) is 1. The minimum atomic E-state index is 0.505. The van der Waals surface area contributed by atoms with Crippen LogP contribution < -0.4 is 0 Å². The first-order valence-electron chi connectivity index (χ1n) is 7.73. The van der Waals surface area contributed by atoms with Crippen LogP contribution >= 0.6 is 0 Å². The van der Waals surface area contributed by atoms with E-state index in [0.29, 0.717) is 5.78 Å². The molecule has 0 aromatic rings. The third-order valence-electron chi connectivity index (χ3n) is 3.73. The van der Waals surface area contributed by atoms with E-state index in [1.54, 1.807) is 0 Å². The average molecular weight is 237 g/mol. The zero-order valence-corrected chi connectivity index (χ0v) is 11.4. The highest BCUT2D eigenvalue weighted by Gasteiger charge is 2.02. The van der Waals surface area contributed by atoms with Crippen molar-refractivity contribution in [3.8, 4) is 0 Å². The summed E-state index contributed by atoms with van der Waals surface area (Å²) in [6, 6.07) is 0. The smallest absolute Gasteiger partial charge is 0.132 e. The quantitative estimate of drug-likeness (QED) is 0.563. The van der Waals surface area contributed by atoms with Gasteiger partial charge in [-0.2, -0.15) is 0 Å². The third kappa shape index (κ3) is 9.38. The summed E-state index contributed by atoms with van der Waals surface area (Å²) in [7, 11) is 0. The Bertz CT molecular complexity index is 168. The van der Waals surface area contributed by atoms with Gasteiger partial charge in [0.25, 0.3) is 0 Å². The standard InChI is InChI=1S/C16H29O/c17-16-14-12-10-8-6-4-2-1-3-5-7-9-11-13-15-16/h1H,2-15H2. The first-order chi connectivity index (χ1) is 8.39. The van der Waals surface area contributed by atoms with Gasteiger partial charge in [0.2, 0.25) is 0 Å². The molecule has 0 atom stereocenters. The van der Waals surface area contributed by atoms with Crippen molar-refractivity contribution in [2.45, 2.75) is 89.9 Å². The van der Waals surface area contributed by atoms with Gasteiger partial charge in [0, 0.05) is 12.8 Å². The molecule has 1 fully saturated rings. The van der Waals surface area contributed by atoms with Gasteiger partial charge < -0.3 is 0 Å². The van der Waals surface area contributed by atoms with E-state index in [4.69, 9.17) is 0 Å². The maximum atomic E-state index is 11.6. The lowest BCUT2D eigenvalue weighted by atomic mass is 10.0. The summed E-state index contributed by atoms with van der Waals surface area (Å²) in [5.74, 6) is 0.505. The van der Waals surface area contributed by atoms with Crippen molar-refractivity contribution in [2.75, 3.05) is 0 Å². The van der Waals surface area contributed by atoms with E-state index >= 15 is 0 Å². The van der Waals surface area contributed by atoms with Crippen molar-refractivity contribution in [2.24, 2.45) is 0 Å². The Morgan fingerprint density at radius 3 is 1.53 bits per heavy atom. The lowest BCUT2D eigenvalue weighted by Crippen LogP contribution is -1.97. The van der Waals surface area contributed by atoms with Crippen LogP contribution in [0.15, 0.2) is 0 Å². The second-order valence-corrected chi connectivity index (χ2v) is 5.44. The number of rotatable bonds is 0. The van der Waals surface area contributed by atoms with Crippen molar-refractivity contribution in [1.29, 1.82) is 0 Å². The van der Waals surface area contributed by atoms with Crippen molar-refractivity contribution in [1.82, 2.24) is 0 Å². The van der Waals surface area contributed by atoms with E-state index in [2.05, 4.69) is 6.42 Å². The first kappa shape index (κ1) is 14.7. The first-order valence-corrected chi connectivity index (χ1v) is 7.73. The molecule has 1 radical (unpaired) electrons. The summed E-state index contributed by atoms with van der Waals surface area (Å²) in [4.78, 5) is 11.6. The molecule has 0 aliphatic heterocycles. The van der Waals surface area contributed by atoms with Crippen molar-refractivity contribution >= 4 is 5.78 Å². The predicted molar refractivity (Wildman–Crippen MR) is 73.9 cm³/mol. The summed E-state index contributed by atoms with van der Waals surface area (Å²) >= 11 is 0. The summed E-state index contributed by atoms with van der Waals surface area (Å²) in [6.07, 6.45) is 19.6. The van der Waals surface area contributed by atoms with Crippen molar-refractivity contribution in [3.05, 3.63) is 6.42 Å². The largest absolute Gasteiger partial charge is 0.300 e. The SMILES string of the molecule is O=C1CCCCCCC[CH]CCCCCCC1. The van der Waals surface area contributed by atoms with Gasteiger partial charge in [0.05, 0.1) is 0 Å². The van der Waals surface area contributed by atoms with Gasteiger partial charge >= 0.3 is 0 Å². The van der Waals surface area contributed by atoms with Gasteiger partial charge in [-0.25, -0.2) is 0 Å². The number of carbonyl (C=O) groups excluding carboxylic acids is 1. The Kier molecular flexibility index (Phi) is 9.36. The van der Waals surface area contributed by atoms with Gasteiger partial charge in [-0.05, 0) is 19.3 Å². The molecular weight excluding hydrogens is 208 g/mol. The molecule has 1 nitrogen and oxygen atoms in total. The van der Waals surface area contributed by atoms with Gasteiger partial charge in [-0.1, -0.05) is 64.2 Å². The Hall–Kier alpha value is -0.330. The monoisotopic (exact) mass is 237 g/mol. The molecule has 17 heavy (non-hydrogen) atoms. The molecule has 0 N–H and O–H groups in total. The number of hydrogen-bond acceptors (Lipinski definition) is 1. The highest BCUT2D eigenvalue weighted by Crippen LogP contribution is 2.14. The molecule has 0 aromatic carbocycles. The van der Waals surface area contributed by atoms with E-state index < -0.39 is 0 Å². The lowest BCUT2D eigenvalue weighted by molar-refractivity contribution is -0.119. The maximum absolute atomic E-state index is 11.6. The van der Waals surface area contributed by atoms with Gasteiger partial charge in [0.15, 0.2) is 0 Å². The summed E-state index contributed by atoms with van der Waals surface area (Å²) in [5, 5.41) is 0. The second-order valence-electron chi connectivity index (χ2n) is 5.44. The topological polar surface area (TPSA) is 17.1 Å². The Labute approximate surface area is 107 Å². The van der Waals surface area contributed by atoms with Crippen LogP contribution in [0, 0.1) is 6.42 Å². The van der Waals surface area contributed by atoms with Crippen LogP contribution in [-0.2, 0) is 4.79 Å². The van der Waals surface area contributed by atoms with E-state index in [0.717, 1.165) is 25.7 Å². The minimum absolute atomic E-state index is 0.505. The number of hydrogen-bond donors (Lipinski definition) is 0. The predicted octanol–water partition coefficient (Wildman–Crippen LogP) is 5.23. The van der Waals surface area contributed by atoms with E-state index in [1.807, 2.05) is 0 Å². The summed E-state index contributed by atoms with van der Waals surface area (Å²) in [6.45, 7) is 0. The van der Waals surface area contributed by atoms with Crippen LogP contribution in [0.3, 0.4) is 0 Å². The molecule has 0 unspecified atom stereocenters.